The van der Waals surface area contributed by atoms with Gasteiger partial charge in [0.2, 0.25) is 0 Å². The summed E-state index contributed by atoms with van der Waals surface area (Å²) in [6, 6.07) is 13.9. The van der Waals surface area contributed by atoms with Crippen LogP contribution in [0.1, 0.15) is 62.5 Å². The highest BCUT2D eigenvalue weighted by Gasteiger charge is 2.29. The van der Waals surface area contributed by atoms with E-state index in [1.165, 1.54) is 24.4 Å². The maximum atomic E-state index is 14.5. The molecule has 3 amide bonds. The lowest BCUT2D eigenvalue weighted by molar-refractivity contribution is 0.0913. The Labute approximate surface area is 254 Å². The van der Waals surface area contributed by atoms with Crippen molar-refractivity contribution in [1.29, 1.82) is 0 Å². The quantitative estimate of drug-likeness (QED) is 0.200. The van der Waals surface area contributed by atoms with Crippen molar-refractivity contribution in [1.82, 2.24) is 20.3 Å². The monoisotopic (exact) mass is 618 g/mol. The van der Waals surface area contributed by atoms with Crippen LogP contribution in [0.5, 0.6) is 0 Å². The van der Waals surface area contributed by atoms with Crippen LogP contribution >= 0.6 is 11.3 Å². The van der Waals surface area contributed by atoms with E-state index < -0.39 is 35.2 Å². The number of para-hydroxylation sites is 1. The molecule has 0 spiro atoms. The average Bonchev–Trinajstić information content (AvgIpc) is 3.69. The number of anilines is 2. The normalized spacial score (nSPS) is 11.3. The number of nitrogens with one attached hydrogen (secondary N) is 3. The summed E-state index contributed by atoms with van der Waals surface area (Å²) in [5.74, 6) is -1.86. The number of amides is 3. The molecule has 5 rings (SSSR count). The number of aromatic nitrogens is 3. The molecule has 0 aliphatic heterocycles. The number of aryl methyl sites for hydroxylation is 1. The Morgan fingerprint density at radius 3 is 2.41 bits per heavy atom. The van der Waals surface area contributed by atoms with E-state index in [0.29, 0.717) is 16.7 Å². The Bertz CT molecular complexity index is 1910. The maximum Gasteiger partial charge on any atom is 0.436 e. The lowest BCUT2D eigenvalue weighted by Crippen LogP contribution is -2.41. The topological polar surface area (TPSA) is 157 Å². The Balaban J connectivity index is 1.45. The molecule has 0 atom stereocenters. The van der Waals surface area contributed by atoms with Crippen LogP contribution in [0.4, 0.5) is 20.7 Å². The molecule has 0 saturated carbocycles. The minimum atomic E-state index is -1.07. The molecule has 0 saturated heterocycles. The minimum Gasteiger partial charge on any atom is -0.448 e. The van der Waals surface area contributed by atoms with Gasteiger partial charge in [-0.15, -0.1) is 16.4 Å². The fourth-order valence-electron chi connectivity index (χ4n) is 4.47. The van der Waals surface area contributed by atoms with Gasteiger partial charge in [-0.05, 0) is 52.0 Å². The largest absolute Gasteiger partial charge is 0.448 e. The zero-order valence-electron chi connectivity index (χ0n) is 24.1. The van der Waals surface area contributed by atoms with Crippen molar-refractivity contribution >= 4 is 56.9 Å². The Hall–Kier alpha value is -5.37. The van der Waals surface area contributed by atoms with E-state index in [1.807, 2.05) is 0 Å². The van der Waals surface area contributed by atoms with Gasteiger partial charge in [0, 0.05) is 5.56 Å². The molecule has 14 heteroatoms. The lowest BCUT2D eigenvalue weighted by Gasteiger charge is -2.27. The van der Waals surface area contributed by atoms with Gasteiger partial charge in [-0.25, -0.2) is 9.18 Å². The lowest BCUT2D eigenvalue weighted by atomic mass is 9.93. The molecule has 3 aromatic heterocycles. The van der Waals surface area contributed by atoms with Crippen LogP contribution in [0.15, 0.2) is 65.3 Å². The number of halogens is 1. The number of ether oxygens (including phenoxy) is 1. The van der Waals surface area contributed by atoms with Crippen LogP contribution in [0, 0.1) is 12.7 Å². The molecule has 5 aromatic rings. The van der Waals surface area contributed by atoms with Gasteiger partial charge < -0.3 is 25.2 Å². The van der Waals surface area contributed by atoms with Crippen molar-refractivity contribution < 1.29 is 32.8 Å². The molecule has 3 N–H and O–H groups in total. The van der Waals surface area contributed by atoms with Crippen LogP contribution in [0.2, 0.25) is 0 Å². The molecule has 0 bridgehead atoms. The van der Waals surface area contributed by atoms with Crippen LogP contribution in [-0.2, 0) is 10.3 Å². The number of rotatable bonds is 8. The highest BCUT2D eigenvalue weighted by molar-refractivity contribution is 7.20. The highest BCUT2D eigenvalue weighted by Crippen LogP contribution is 2.33. The summed E-state index contributed by atoms with van der Waals surface area (Å²) in [4.78, 5) is 52.7. The third-order valence-electron chi connectivity index (χ3n) is 6.64. The number of carbonyl (C=O) groups is 4. The van der Waals surface area contributed by atoms with Gasteiger partial charge in [0.25, 0.3) is 17.7 Å². The second-order valence-electron chi connectivity index (χ2n) is 10.1. The Kier molecular flexibility index (Phi) is 8.27. The molecule has 44 heavy (non-hydrogen) atoms. The van der Waals surface area contributed by atoms with E-state index in [-0.39, 0.29) is 38.9 Å². The first-order chi connectivity index (χ1) is 21.0. The first-order valence-corrected chi connectivity index (χ1v) is 14.2. The number of carbonyl (C=O) groups excluding carboxylic acids is 4. The standard InChI is InChI=1S/C30H27FN6O6S/c1-5-42-29(41)37-28-18(14-23(44-28)27(40)35-30(3,4)20-11-7-8-12-21(20)31)24(36-37)34-25(38)17-10-6-9-13-22(17)33-26(39)19-15-32-43-16(19)2/h6-15H,5H2,1-4H3,(H,33,39)(H,35,40)(H,34,36,38). The van der Waals surface area contributed by atoms with E-state index in [4.69, 9.17) is 9.26 Å². The molecule has 12 nitrogen and oxygen atoms in total. The van der Waals surface area contributed by atoms with Crippen LogP contribution < -0.4 is 16.0 Å². The molecule has 0 radical (unpaired) electrons. The van der Waals surface area contributed by atoms with Gasteiger partial charge in [0.05, 0.1) is 39.9 Å². The predicted molar refractivity (Wildman–Crippen MR) is 161 cm³/mol. The van der Waals surface area contributed by atoms with Crippen molar-refractivity contribution in [2.45, 2.75) is 33.2 Å². The average molecular weight is 619 g/mol. The van der Waals surface area contributed by atoms with Gasteiger partial charge >= 0.3 is 6.09 Å². The van der Waals surface area contributed by atoms with Gasteiger partial charge in [0.15, 0.2) is 5.82 Å². The van der Waals surface area contributed by atoms with Gasteiger partial charge in [0.1, 0.15) is 22.0 Å². The second kappa shape index (κ2) is 12.1. The van der Waals surface area contributed by atoms with Crippen molar-refractivity contribution in [2.75, 3.05) is 17.2 Å². The SMILES string of the molecule is CCOC(=O)n1nc(NC(=O)c2ccccc2NC(=O)c2cnoc2C)c2cc(C(=O)NC(C)(C)c3ccccc3F)sc21. The second-order valence-corrected chi connectivity index (χ2v) is 11.1. The minimum absolute atomic E-state index is 0.0160. The van der Waals surface area contributed by atoms with Gasteiger partial charge in [-0.3, -0.25) is 14.4 Å². The van der Waals surface area contributed by atoms with E-state index in [0.717, 1.165) is 16.0 Å². The fraction of sp³-hybridized carbons (Fsp3) is 0.200. The number of hydrogen-bond donors (Lipinski definition) is 3. The van der Waals surface area contributed by atoms with E-state index in [1.54, 1.807) is 64.1 Å². The highest BCUT2D eigenvalue weighted by atomic mass is 32.1. The molecular formula is C30H27FN6O6S. The summed E-state index contributed by atoms with van der Waals surface area (Å²) in [7, 11) is 0. The zero-order chi connectivity index (χ0) is 31.6. The summed E-state index contributed by atoms with van der Waals surface area (Å²) in [6.07, 6.45) is 0.462. The summed E-state index contributed by atoms with van der Waals surface area (Å²) in [5, 5.41) is 16.3. The van der Waals surface area contributed by atoms with Crippen molar-refractivity contribution in [3.63, 3.8) is 0 Å². The molecule has 0 fully saturated rings. The first kappa shape index (κ1) is 30.1. The van der Waals surface area contributed by atoms with E-state index in [9.17, 15) is 23.6 Å². The third-order valence-corrected chi connectivity index (χ3v) is 7.75. The fourth-order valence-corrected chi connectivity index (χ4v) is 5.47. The van der Waals surface area contributed by atoms with Crippen LogP contribution in [0.25, 0.3) is 10.2 Å². The number of hydrogen-bond acceptors (Lipinski definition) is 9. The number of thiophene rings is 1. The zero-order valence-corrected chi connectivity index (χ0v) is 24.9. The Morgan fingerprint density at radius 1 is 1.00 bits per heavy atom. The molecule has 2 aromatic carbocycles. The predicted octanol–water partition coefficient (Wildman–Crippen LogP) is 5.71. The summed E-state index contributed by atoms with van der Waals surface area (Å²) in [6.45, 7) is 6.62. The molecular weight excluding hydrogens is 591 g/mol. The van der Waals surface area contributed by atoms with E-state index >= 15 is 0 Å². The van der Waals surface area contributed by atoms with Crippen LogP contribution in [0.3, 0.4) is 0 Å². The molecule has 3 heterocycles. The van der Waals surface area contributed by atoms with Gasteiger partial charge in [-0.2, -0.15) is 4.68 Å². The summed E-state index contributed by atoms with van der Waals surface area (Å²) >= 11 is 0.952. The Morgan fingerprint density at radius 2 is 1.70 bits per heavy atom. The number of fused-ring (bicyclic) bond motifs is 1. The number of benzene rings is 2. The first-order valence-electron chi connectivity index (χ1n) is 13.4. The number of nitrogens with zero attached hydrogens (tertiary/aromatic N) is 3. The maximum absolute atomic E-state index is 14.5. The third kappa shape index (κ3) is 5.92. The van der Waals surface area contributed by atoms with Crippen molar-refractivity contribution in [3.8, 4) is 0 Å². The summed E-state index contributed by atoms with van der Waals surface area (Å²) < 4.78 is 25.5. The molecule has 0 aliphatic carbocycles. The smallest absolute Gasteiger partial charge is 0.436 e. The summed E-state index contributed by atoms with van der Waals surface area (Å²) in [5.41, 5.74) is -0.254. The van der Waals surface area contributed by atoms with E-state index in [2.05, 4.69) is 26.2 Å². The molecule has 226 valence electrons. The van der Waals surface area contributed by atoms with Crippen molar-refractivity contribution in [2.24, 2.45) is 0 Å². The van der Waals surface area contributed by atoms with Crippen molar-refractivity contribution in [3.05, 3.63) is 93.9 Å². The molecule has 0 unspecified atom stereocenters. The van der Waals surface area contributed by atoms with Gasteiger partial charge in [-0.1, -0.05) is 35.5 Å². The van der Waals surface area contributed by atoms with Crippen LogP contribution in [-0.4, -0.2) is 45.4 Å². The molecule has 0 aliphatic rings.